The van der Waals surface area contributed by atoms with E-state index in [0.29, 0.717) is 23.2 Å². The Hall–Kier alpha value is -2.08. The Balaban J connectivity index is 2.02. The minimum Gasteiger partial charge on any atom is -0.408 e. The van der Waals surface area contributed by atoms with E-state index >= 15 is 0 Å². The quantitative estimate of drug-likeness (QED) is 0.802. The zero-order chi connectivity index (χ0) is 15.0. The number of fused-ring (bicyclic) bond motifs is 1. The first kappa shape index (κ1) is 13.9. The number of aromatic nitrogens is 2. The van der Waals surface area contributed by atoms with Crippen molar-refractivity contribution in [3.05, 3.63) is 34.1 Å². The molecule has 0 saturated heterocycles. The molecule has 5 nitrogen and oxygen atoms in total. The van der Waals surface area contributed by atoms with Gasteiger partial charge in [-0.05, 0) is 24.5 Å². The molecule has 21 heavy (non-hydrogen) atoms. The van der Waals surface area contributed by atoms with E-state index in [9.17, 15) is 4.79 Å². The summed E-state index contributed by atoms with van der Waals surface area (Å²) in [5, 5.41) is 2.42. The van der Waals surface area contributed by atoms with Gasteiger partial charge in [0, 0.05) is 17.5 Å². The average molecular weight is 303 g/mol. The van der Waals surface area contributed by atoms with Crippen LogP contribution in [-0.2, 0) is 6.54 Å². The Kier molecular flexibility index (Phi) is 3.55. The van der Waals surface area contributed by atoms with Gasteiger partial charge in [-0.25, -0.2) is 9.78 Å². The first-order valence-corrected chi connectivity index (χ1v) is 7.77. The summed E-state index contributed by atoms with van der Waals surface area (Å²) in [6.45, 7) is 4.95. The molecule has 3 rings (SSSR count). The molecule has 0 atom stereocenters. The van der Waals surface area contributed by atoms with Gasteiger partial charge in [-0.15, -0.1) is 11.3 Å². The molecule has 2 heterocycles. The maximum atomic E-state index is 12.0. The monoisotopic (exact) mass is 303 g/mol. The van der Waals surface area contributed by atoms with Gasteiger partial charge in [0.15, 0.2) is 10.7 Å². The third-order valence-electron chi connectivity index (χ3n) is 3.42. The summed E-state index contributed by atoms with van der Waals surface area (Å²) in [7, 11) is 0. The van der Waals surface area contributed by atoms with E-state index in [1.54, 1.807) is 4.57 Å². The minimum absolute atomic E-state index is 0.305. The molecule has 0 bridgehead atoms. The average Bonchev–Trinajstić information content (AvgIpc) is 2.98. The number of nitrogens with zero attached hydrogens (tertiary/aromatic N) is 2. The molecule has 1 aromatic carbocycles. The van der Waals surface area contributed by atoms with Gasteiger partial charge in [-0.2, -0.15) is 0 Å². The van der Waals surface area contributed by atoms with E-state index in [1.807, 2.05) is 23.6 Å². The van der Waals surface area contributed by atoms with Gasteiger partial charge < -0.3 is 10.2 Å². The maximum Gasteiger partial charge on any atom is 0.419 e. The molecule has 0 unspecified atom stereocenters. The van der Waals surface area contributed by atoms with Gasteiger partial charge >= 0.3 is 5.76 Å². The molecule has 0 aliphatic heterocycles. The maximum absolute atomic E-state index is 12.0. The summed E-state index contributed by atoms with van der Waals surface area (Å²) in [6, 6.07) is 5.69. The van der Waals surface area contributed by atoms with E-state index in [1.165, 1.54) is 11.3 Å². The zero-order valence-electron chi connectivity index (χ0n) is 12.0. The van der Waals surface area contributed by atoms with E-state index in [4.69, 9.17) is 10.2 Å². The van der Waals surface area contributed by atoms with Crippen LogP contribution in [0.2, 0.25) is 0 Å². The summed E-state index contributed by atoms with van der Waals surface area (Å²) in [6.07, 6.45) is 0.943. The number of hydrogen-bond acceptors (Lipinski definition) is 5. The van der Waals surface area contributed by atoms with Crippen molar-refractivity contribution in [2.75, 3.05) is 5.73 Å². The van der Waals surface area contributed by atoms with Crippen LogP contribution < -0.4 is 11.5 Å². The third kappa shape index (κ3) is 2.71. The van der Waals surface area contributed by atoms with E-state index in [-0.39, 0.29) is 5.76 Å². The molecular formula is C15H17N3O2S. The number of oxazole rings is 1. The molecule has 0 radical (unpaired) electrons. The predicted molar refractivity (Wildman–Crippen MR) is 85.4 cm³/mol. The first-order valence-electron chi connectivity index (χ1n) is 6.89. The van der Waals surface area contributed by atoms with Crippen molar-refractivity contribution in [3.8, 4) is 11.3 Å². The summed E-state index contributed by atoms with van der Waals surface area (Å²) in [5.74, 6) is 0.236. The van der Waals surface area contributed by atoms with E-state index < -0.39 is 0 Å². The fourth-order valence-corrected chi connectivity index (χ4v) is 2.82. The van der Waals surface area contributed by atoms with Crippen molar-refractivity contribution in [1.82, 2.24) is 9.55 Å². The van der Waals surface area contributed by atoms with E-state index in [0.717, 1.165) is 23.2 Å². The largest absolute Gasteiger partial charge is 0.419 e. The third-order valence-corrected chi connectivity index (χ3v) is 4.09. The van der Waals surface area contributed by atoms with Gasteiger partial charge in [0.25, 0.3) is 0 Å². The highest BCUT2D eigenvalue weighted by Crippen LogP contribution is 2.26. The number of thiazole rings is 1. The second-order valence-corrected chi connectivity index (χ2v) is 6.35. The topological polar surface area (TPSA) is 74.0 Å². The molecule has 0 aliphatic rings. The smallest absolute Gasteiger partial charge is 0.408 e. The van der Waals surface area contributed by atoms with Crippen LogP contribution in [0.1, 0.15) is 20.3 Å². The number of nitrogens with two attached hydrogens (primary N) is 1. The van der Waals surface area contributed by atoms with Crippen LogP contribution in [0.5, 0.6) is 0 Å². The molecule has 0 spiro atoms. The van der Waals surface area contributed by atoms with Crippen LogP contribution in [-0.4, -0.2) is 9.55 Å². The number of anilines is 1. The van der Waals surface area contributed by atoms with Crippen molar-refractivity contribution in [2.45, 2.75) is 26.8 Å². The highest BCUT2D eigenvalue weighted by molar-refractivity contribution is 7.13. The SMILES string of the molecule is CC(C)CCn1c(=O)oc2cc(-c3csc(N)n3)ccc21. The number of rotatable bonds is 4. The first-order chi connectivity index (χ1) is 10.0. The van der Waals surface area contributed by atoms with Gasteiger partial charge in [0.2, 0.25) is 0 Å². The standard InChI is InChI=1S/C15H17N3O2S/c1-9(2)5-6-18-12-4-3-10(7-13(12)20-15(18)19)11-8-21-14(16)17-11/h3-4,7-9H,5-6H2,1-2H3,(H2,16,17). The molecule has 0 fully saturated rings. The fraction of sp³-hybridized carbons (Fsp3) is 0.333. The molecular weight excluding hydrogens is 286 g/mol. The Labute approximate surface area is 126 Å². The van der Waals surface area contributed by atoms with Gasteiger partial charge in [-0.1, -0.05) is 19.9 Å². The lowest BCUT2D eigenvalue weighted by atomic mass is 10.1. The van der Waals surface area contributed by atoms with Crippen molar-refractivity contribution in [3.63, 3.8) is 0 Å². The van der Waals surface area contributed by atoms with Crippen LogP contribution in [0.3, 0.4) is 0 Å². The summed E-state index contributed by atoms with van der Waals surface area (Å²) >= 11 is 1.39. The molecule has 2 N–H and O–H groups in total. The van der Waals surface area contributed by atoms with E-state index in [2.05, 4.69) is 18.8 Å². The summed E-state index contributed by atoms with van der Waals surface area (Å²) in [5.41, 5.74) is 8.78. The van der Waals surface area contributed by atoms with Crippen LogP contribution >= 0.6 is 11.3 Å². The predicted octanol–water partition coefficient (Wildman–Crippen LogP) is 3.35. The summed E-state index contributed by atoms with van der Waals surface area (Å²) in [4.78, 5) is 16.2. The number of aryl methyl sites for hydroxylation is 1. The lowest BCUT2D eigenvalue weighted by Crippen LogP contribution is -2.15. The van der Waals surface area contributed by atoms with Crippen LogP contribution in [0.4, 0.5) is 5.13 Å². The van der Waals surface area contributed by atoms with Gasteiger partial charge in [0.1, 0.15) is 0 Å². The molecule has 6 heteroatoms. The van der Waals surface area contributed by atoms with Crippen molar-refractivity contribution < 1.29 is 4.42 Å². The van der Waals surface area contributed by atoms with Crippen LogP contribution in [0, 0.1) is 5.92 Å². The van der Waals surface area contributed by atoms with Crippen molar-refractivity contribution >= 4 is 27.6 Å². The van der Waals surface area contributed by atoms with Crippen LogP contribution in [0.15, 0.2) is 32.8 Å². The van der Waals surface area contributed by atoms with Gasteiger partial charge in [0.05, 0.1) is 11.2 Å². The highest BCUT2D eigenvalue weighted by atomic mass is 32.1. The summed E-state index contributed by atoms with van der Waals surface area (Å²) < 4.78 is 7.04. The molecule has 3 aromatic rings. The second kappa shape index (κ2) is 5.37. The van der Waals surface area contributed by atoms with Crippen molar-refractivity contribution in [2.24, 2.45) is 5.92 Å². The molecule has 0 saturated carbocycles. The Morgan fingerprint density at radius 1 is 1.43 bits per heavy atom. The molecule has 2 aromatic heterocycles. The number of benzene rings is 1. The van der Waals surface area contributed by atoms with Crippen molar-refractivity contribution in [1.29, 1.82) is 0 Å². The molecule has 110 valence electrons. The normalized spacial score (nSPS) is 11.6. The Morgan fingerprint density at radius 2 is 2.24 bits per heavy atom. The Bertz CT molecular complexity index is 829. The van der Waals surface area contributed by atoms with Gasteiger partial charge in [-0.3, -0.25) is 4.57 Å². The Morgan fingerprint density at radius 3 is 2.90 bits per heavy atom. The lowest BCUT2D eigenvalue weighted by Gasteiger charge is -2.05. The van der Waals surface area contributed by atoms with Crippen LogP contribution in [0.25, 0.3) is 22.4 Å². The number of hydrogen-bond donors (Lipinski definition) is 1. The molecule has 0 amide bonds. The highest BCUT2D eigenvalue weighted by Gasteiger charge is 2.12. The lowest BCUT2D eigenvalue weighted by molar-refractivity contribution is 0.465. The minimum atomic E-state index is -0.305. The second-order valence-electron chi connectivity index (χ2n) is 5.46. The molecule has 0 aliphatic carbocycles. The zero-order valence-corrected chi connectivity index (χ0v) is 12.8. The number of nitrogen functional groups attached to an aromatic ring is 1. The fourth-order valence-electron chi connectivity index (χ4n) is 2.24.